The third-order valence-corrected chi connectivity index (χ3v) is 1.49. The summed E-state index contributed by atoms with van der Waals surface area (Å²) in [5.74, 6) is -1.17. The quantitative estimate of drug-likeness (QED) is 0.777. The molecule has 2 N–H and O–H groups in total. The number of ether oxygens (including phenoxy) is 1. The minimum atomic E-state index is -1.17. The molecule has 0 saturated heterocycles. The van der Waals surface area contributed by atoms with E-state index in [-0.39, 0.29) is 0 Å². The highest BCUT2D eigenvalue weighted by Gasteiger charge is 2.04. The molecule has 0 fully saturated rings. The van der Waals surface area contributed by atoms with Crippen molar-refractivity contribution < 1.29 is 20.8 Å². The lowest BCUT2D eigenvalue weighted by molar-refractivity contribution is -0.135. The molecular weight excluding hydrogens is 198 g/mol. The van der Waals surface area contributed by atoms with Gasteiger partial charge < -0.3 is 15.2 Å². The SMILES string of the molecule is [2H]C(OC(=O)NCC(=O)O)c1ccccc1. The second kappa shape index (κ2) is 5.64. The number of nitrogens with one attached hydrogen (secondary N) is 1. The van der Waals surface area contributed by atoms with Crippen LogP contribution in [0.4, 0.5) is 4.79 Å². The van der Waals surface area contributed by atoms with Gasteiger partial charge in [0.25, 0.3) is 0 Å². The number of carboxylic acid groups (broad SMARTS) is 1. The Morgan fingerprint density at radius 3 is 2.67 bits per heavy atom. The molecule has 1 amide bonds. The summed E-state index contributed by atoms with van der Waals surface area (Å²) < 4.78 is 12.1. The number of benzene rings is 1. The van der Waals surface area contributed by atoms with Gasteiger partial charge in [0.15, 0.2) is 0 Å². The van der Waals surface area contributed by atoms with Crippen LogP contribution in [0.2, 0.25) is 0 Å². The zero-order chi connectivity index (χ0) is 12.0. The van der Waals surface area contributed by atoms with Gasteiger partial charge in [-0.15, -0.1) is 0 Å². The highest BCUT2D eigenvalue weighted by Crippen LogP contribution is 2.00. The van der Waals surface area contributed by atoms with Crippen LogP contribution in [-0.4, -0.2) is 23.7 Å². The van der Waals surface area contributed by atoms with Gasteiger partial charge in [-0.3, -0.25) is 4.79 Å². The molecule has 0 aliphatic rings. The van der Waals surface area contributed by atoms with Crippen LogP contribution in [0.15, 0.2) is 30.3 Å². The lowest BCUT2D eigenvalue weighted by Gasteiger charge is -2.04. The van der Waals surface area contributed by atoms with E-state index in [1.165, 1.54) is 0 Å². The molecule has 5 nitrogen and oxygen atoms in total. The van der Waals surface area contributed by atoms with Crippen molar-refractivity contribution in [1.82, 2.24) is 5.32 Å². The Hall–Kier alpha value is -2.04. The molecule has 1 aromatic rings. The van der Waals surface area contributed by atoms with Crippen LogP contribution in [0.25, 0.3) is 0 Å². The third-order valence-electron chi connectivity index (χ3n) is 1.49. The van der Waals surface area contributed by atoms with Crippen molar-refractivity contribution in [1.29, 1.82) is 0 Å². The van der Waals surface area contributed by atoms with Gasteiger partial charge in [0, 0.05) is 0 Å². The zero-order valence-electron chi connectivity index (χ0n) is 8.84. The van der Waals surface area contributed by atoms with Gasteiger partial charge in [-0.1, -0.05) is 30.3 Å². The van der Waals surface area contributed by atoms with Crippen molar-refractivity contribution in [3.05, 3.63) is 35.9 Å². The third kappa shape index (κ3) is 4.66. The molecule has 0 aliphatic heterocycles. The predicted octanol–water partition coefficient (Wildman–Crippen LogP) is 0.997. The van der Waals surface area contributed by atoms with Crippen molar-refractivity contribution in [3.63, 3.8) is 0 Å². The van der Waals surface area contributed by atoms with Crippen LogP contribution >= 0.6 is 0 Å². The molecule has 80 valence electrons. The first-order valence-corrected chi connectivity index (χ1v) is 4.23. The fourth-order valence-electron chi connectivity index (χ4n) is 0.843. The van der Waals surface area contributed by atoms with E-state index in [0.29, 0.717) is 5.56 Å². The van der Waals surface area contributed by atoms with Crippen molar-refractivity contribution in [2.24, 2.45) is 0 Å². The highest BCUT2D eigenvalue weighted by molar-refractivity contribution is 5.76. The molecule has 0 heterocycles. The van der Waals surface area contributed by atoms with Crippen molar-refractivity contribution in [2.45, 2.75) is 6.58 Å². The van der Waals surface area contributed by atoms with Gasteiger partial charge in [-0.05, 0) is 5.56 Å². The summed E-state index contributed by atoms with van der Waals surface area (Å²) in [5, 5.41) is 10.3. The summed E-state index contributed by atoms with van der Waals surface area (Å²) in [6.45, 7) is -1.68. The smallest absolute Gasteiger partial charge is 0.407 e. The molecule has 0 radical (unpaired) electrons. The maximum Gasteiger partial charge on any atom is 0.407 e. The van der Waals surface area contributed by atoms with Gasteiger partial charge in [-0.25, -0.2) is 4.79 Å². The van der Waals surface area contributed by atoms with E-state index in [1.807, 2.05) is 5.32 Å². The monoisotopic (exact) mass is 210 g/mol. The van der Waals surface area contributed by atoms with E-state index >= 15 is 0 Å². The molecule has 0 aliphatic carbocycles. The van der Waals surface area contributed by atoms with Gasteiger partial charge >= 0.3 is 12.1 Å². The number of rotatable bonds is 4. The number of carbonyl (C=O) groups is 2. The Bertz CT molecular complexity index is 368. The van der Waals surface area contributed by atoms with Gasteiger partial charge in [0.05, 0.1) is 1.37 Å². The Kier molecular flexibility index (Phi) is 3.58. The fourth-order valence-corrected chi connectivity index (χ4v) is 0.843. The number of amides is 1. The molecule has 1 atom stereocenters. The molecule has 1 rings (SSSR count). The van der Waals surface area contributed by atoms with E-state index in [9.17, 15) is 9.59 Å². The molecule has 5 heteroatoms. The largest absolute Gasteiger partial charge is 0.480 e. The summed E-state index contributed by atoms with van der Waals surface area (Å²) in [6.07, 6.45) is -0.925. The van der Waals surface area contributed by atoms with Gasteiger partial charge in [-0.2, -0.15) is 0 Å². The Morgan fingerprint density at radius 2 is 2.07 bits per heavy atom. The normalized spacial score (nSPS) is 12.4. The second-order valence-corrected chi connectivity index (χ2v) is 2.68. The van der Waals surface area contributed by atoms with Crippen molar-refractivity contribution in [3.8, 4) is 0 Å². The van der Waals surface area contributed by atoms with Crippen LogP contribution in [0.1, 0.15) is 6.93 Å². The Morgan fingerprint density at radius 1 is 1.40 bits per heavy atom. The number of alkyl carbamates (subject to hydrolysis) is 1. The first kappa shape index (κ1) is 9.51. The standard InChI is InChI=1S/C10H11NO4/c12-9(13)6-11-10(14)15-7-8-4-2-1-3-5-8/h1-5H,6-7H2,(H,11,14)(H,12,13)/i7D. The summed E-state index contributed by atoms with van der Waals surface area (Å²) in [6, 6.07) is 8.50. The Balaban J connectivity index is 2.43. The van der Waals surface area contributed by atoms with E-state index in [4.69, 9.17) is 6.48 Å². The average molecular weight is 210 g/mol. The van der Waals surface area contributed by atoms with Crippen LogP contribution in [0.3, 0.4) is 0 Å². The summed E-state index contributed by atoms with van der Waals surface area (Å²) in [4.78, 5) is 21.2. The molecule has 15 heavy (non-hydrogen) atoms. The molecule has 0 aromatic heterocycles. The Labute approximate surface area is 88.1 Å². The topological polar surface area (TPSA) is 75.6 Å². The maximum absolute atomic E-state index is 11.0. The zero-order valence-corrected chi connectivity index (χ0v) is 7.84. The molecule has 0 spiro atoms. The number of hydrogen-bond donors (Lipinski definition) is 2. The van der Waals surface area contributed by atoms with Crippen LogP contribution in [-0.2, 0) is 16.1 Å². The van der Waals surface area contributed by atoms with Crippen LogP contribution < -0.4 is 5.32 Å². The fraction of sp³-hybridized carbons (Fsp3) is 0.200. The van der Waals surface area contributed by atoms with E-state index in [1.54, 1.807) is 30.3 Å². The van der Waals surface area contributed by atoms with E-state index < -0.39 is 25.2 Å². The summed E-state index contributed by atoms with van der Waals surface area (Å²) >= 11 is 0. The summed E-state index contributed by atoms with van der Waals surface area (Å²) in [7, 11) is 0. The molecule has 1 aromatic carbocycles. The number of hydrogen-bond acceptors (Lipinski definition) is 3. The molecular formula is C10H11NO4. The molecule has 1 unspecified atom stereocenters. The minimum Gasteiger partial charge on any atom is -0.480 e. The van der Waals surface area contributed by atoms with E-state index in [0.717, 1.165) is 0 Å². The number of carboxylic acids is 1. The van der Waals surface area contributed by atoms with E-state index in [2.05, 4.69) is 4.74 Å². The van der Waals surface area contributed by atoms with Gasteiger partial charge in [0.2, 0.25) is 0 Å². The highest BCUT2D eigenvalue weighted by atomic mass is 16.5. The van der Waals surface area contributed by atoms with Crippen molar-refractivity contribution in [2.75, 3.05) is 6.54 Å². The molecule has 0 bridgehead atoms. The lowest BCUT2D eigenvalue weighted by Crippen LogP contribution is -2.29. The lowest BCUT2D eigenvalue weighted by atomic mass is 10.2. The molecule has 0 saturated carbocycles. The van der Waals surface area contributed by atoms with Crippen LogP contribution in [0, 0.1) is 0 Å². The predicted molar refractivity (Wildman–Crippen MR) is 52.3 cm³/mol. The second-order valence-electron chi connectivity index (χ2n) is 2.68. The van der Waals surface area contributed by atoms with Crippen molar-refractivity contribution >= 4 is 12.1 Å². The average Bonchev–Trinajstić information content (AvgIpc) is 2.27. The van der Waals surface area contributed by atoms with Crippen LogP contribution in [0.5, 0.6) is 0 Å². The maximum atomic E-state index is 11.0. The van der Waals surface area contributed by atoms with Gasteiger partial charge in [0.1, 0.15) is 13.1 Å². The number of aliphatic carboxylic acids is 1. The first-order chi connectivity index (χ1) is 7.59. The first-order valence-electron chi connectivity index (χ1n) is 4.81. The minimum absolute atomic E-state index is 0.521. The summed E-state index contributed by atoms with van der Waals surface area (Å²) in [5.41, 5.74) is 0.521. The number of carbonyl (C=O) groups excluding carboxylic acids is 1.